The average Bonchev–Trinajstić information content (AvgIpc) is 3.21. The minimum Gasteiger partial charge on any atom is -0.462 e. The number of hydrogen-bond donors (Lipinski definition) is 4. The predicted octanol–water partition coefficient (Wildman–Crippen LogP) is 9.78. The van der Waals surface area contributed by atoms with Crippen molar-refractivity contribution in [3.05, 3.63) is 36.5 Å². The predicted molar refractivity (Wildman–Crippen MR) is 238 cm³/mol. The van der Waals surface area contributed by atoms with Crippen LogP contribution < -0.4 is 0 Å². The van der Waals surface area contributed by atoms with E-state index in [0.29, 0.717) is 19.3 Å². The molecule has 13 heteroatoms. The van der Waals surface area contributed by atoms with Crippen LogP contribution in [0.1, 0.15) is 194 Å². The zero-order chi connectivity index (χ0) is 44.1. The summed E-state index contributed by atoms with van der Waals surface area (Å²) in [5.41, 5.74) is 0. The van der Waals surface area contributed by atoms with Crippen molar-refractivity contribution in [1.29, 1.82) is 0 Å². The highest BCUT2D eigenvalue weighted by atomic mass is 32.2. The Bertz CT molecular complexity index is 1250. The van der Waals surface area contributed by atoms with E-state index in [-0.39, 0.29) is 19.4 Å². The molecule has 4 N–H and O–H groups in total. The van der Waals surface area contributed by atoms with Crippen LogP contribution in [0.15, 0.2) is 36.5 Å². The Kier molecular flexibility index (Phi) is 34.9. The normalized spacial score (nSPS) is 20.4. The number of aliphatic hydroxyl groups is 3. The number of carbonyl (C=O) groups is 2. The van der Waals surface area contributed by atoms with Crippen molar-refractivity contribution in [3.63, 3.8) is 0 Å². The van der Waals surface area contributed by atoms with Crippen molar-refractivity contribution in [2.24, 2.45) is 0 Å². The van der Waals surface area contributed by atoms with Crippen LogP contribution in [0.25, 0.3) is 0 Å². The second-order valence-electron chi connectivity index (χ2n) is 16.4. The molecule has 0 aromatic heterocycles. The highest BCUT2D eigenvalue weighted by molar-refractivity contribution is 7.85. The van der Waals surface area contributed by atoms with Crippen LogP contribution >= 0.6 is 0 Å². The maximum Gasteiger partial charge on any atom is 0.306 e. The first kappa shape index (κ1) is 55.9. The molecule has 6 atom stereocenters. The van der Waals surface area contributed by atoms with Gasteiger partial charge in [0.15, 0.2) is 12.4 Å². The molecule has 0 aromatic carbocycles. The lowest BCUT2D eigenvalue weighted by Gasteiger charge is -2.40. The van der Waals surface area contributed by atoms with Gasteiger partial charge < -0.3 is 34.3 Å². The third-order valence-electron chi connectivity index (χ3n) is 10.7. The Labute approximate surface area is 363 Å². The topological polar surface area (TPSA) is 186 Å². The van der Waals surface area contributed by atoms with E-state index in [1.807, 2.05) is 6.08 Å². The second kappa shape index (κ2) is 37.4. The monoisotopic (exact) mass is 873 g/mol. The van der Waals surface area contributed by atoms with Crippen LogP contribution in [0.3, 0.4) is 0 Å². The van der Waals surface area contributed by atoms with Crippen LogP contribution in [0.2, 0.25) is 0 Å². The number of carbonyl (C=O) groups excluding carboxylic acids is 2. The SMILES string of the molecule is CCCCCCCCCCC/C=C/C/C=C/CCCC(=O)OC[C@H](CO[C@H]1O[C@H](CS(=O)(=O)O)[C@@H](O)C(O)C1O)OC(=O)CCCC/C=C/CCCCCCCCCCC. The molecule has 0 spiro atoms. The molecule has 1 fully saturated rings. The number of ether oxygens (including phenoxy) is 4. The first-order valence-corrected chi connectivity index (χ1v) is 25.2. The van der Waals surface area contributed by atoms with Crippen molar-refractivity contribution in [2.45, 2.75) is 230 Å². The van der Waals surface area contributed by atoms with E-state index in [2.05, 4.69) is 44.2 Å². The molecule has 0 amide bonds. The van der Waals surface area contributed by atoms with Crippen LogP contribution in [0.4, 0.5) is 0 Å². The molecule has 0 aromatic rings. The third kappa shape index (κ3) is 31.7. The van der Waals surface area contributed by atoms with Gasteiger partial charge in [-0.2, -0.15) is 8.42 Å². The molecule has 0 radical (unpaired) electrons. The van der Waals surface area contributed by atoms with E-state index in [9.17, 15) is 37.9 Å². The van der Waals surface area contributed by atoms with Gasteiger partial charge in [-0.1, -0.05) is 153 Å². The Morgan fingerprint density at radius 1 is 0.567 bits per heavy atom. The third-order valence-corrected chi connectivity index (χ3v) is 11.4. The largest absolute Gasteiger partial charge is 0.462 e. The van der Waals surface area contributed by atoms with E-state index >= 15 is 0 Å². The quantitative estimate of drug-likeness (QED) is 0.0199. The molecule has 12 nitrogen and oxygen atoms in total. The molecule has 1 aliphatic heterocycles. The van der Waals surface area contributed by atoms with Gasteiger partial charge in [-0.3, -0.25) is 14.1 Å². The number of rotatable bonds is 39. The van der Waals surface area contributed by atoms with Crippen molar-refractivity contribution in [1.82, 2.24) is 0 Å². The Hall–Kier alpha value is -2.13. The fourth-order valence-electron chi connectivity index (χ4n) is 7.00. The van der Waals surface area contributed by atoms with Crippen LogP contribution in [0, 0.1) is 0 Å². The van der Waals surface area contributed by atoms with Gasteiger partial charge in [0, 0.05) is 12.8 Å². The number of hydrogen-bond acceptors (Lipinski definition) is 11. The molecule has 1 rings (SSSR count). The zero-order valence-electron chi connectivity index (χ0n) is 37.3. The second-order valence-corrected chi connectivity index (χ2v) is 17.9. The molecule has 1 heterocycles. The maximum atomic E-state index is 12.8. The highest BCUT2D eigenvalue weighted by Gasteiger charge is 2.46. The first-order valence-electron chi connectivity index (χ1n) is 23.5. The molecule has 1 saturated heterocycles. The lowest BCUT2D eigenvalue weighted by atomic mass is 10.00. The summed E-state index contributed by atoms with van der Waals surface area (Å²) in [6.07, 6.45) is 33.4. The standard InChI is InChI=1S/C47H84O12S/c1-3-5-7-9-11-13-15-17-19-20-22-23-25-27-29-31-33-35-42(48)56-37-40(38-57-47-46(52)45(51)44(50)41(59-47)39-60(53,54)55)58-43(49)36-34-32-30-28-26-24-21-18-16-14-12-10-8-6-4-2/h22-23,26-29,40-41,44-47,50-52H,3-21,24-25,30-39H2,1-2H3,(H,53,54,55)/b23-22+,28-26+,29-27+/t40-,41-,44-,45?,46?,47+/m1/s1. The minimum absolute atomic E-state index is 0.126. The van der Waals surface area contributed by atoms with Gasteiger partial charge in [0.1, 0.15) is 36.8 Å². The summed E-state index contributed by atoms with van der Waals surface area (Å²) in [7, 11) is -4.61. The molecule has 0 saturated carbocycles. The molecule has 60 heavy (non-hydrogen) atoms. The average molecular weight is 873 g/mol. The molecule has 1 aliphatic rings. The Morgan fingerprint density at radius 2 is 1.02 bits per heavy atom. The van der Waals surface area contributed by atoms with Gasteiger partial charge in [-0.25, -0.2) is 0 Å². The van der Waals surface area contributed by atoms with E-state index in [4.69, 9.17) is 18.9 Å². The first-order chi connectivity index (χ1) is 29.0. The van der Waals surface area contributed by atoms with Crippen molar-refractivity contribution >= 4 is 22.1 Å². The highest BCUT2D eigenvalue weighted by Crippen LogP contribution is 2.24. The van der Waals surface area contributed by atoms with Crippen molar-refractivity contribution in [3.8, 4) is 0 Å². The van der Waals surface area contributed by atoms with E-state index < -0.39 is 71.2 Å². The fourth-order valence-corrected chi connectivity index (χ4v) is 7.70. The molecular formula is C47H84O12S. The molecule has 350 valence electrons. The minimum atomic E-state index is -4.61. The van der Waals surface area contributed by atoms with Crippen molar-refractivity contribution in [2.75, 3.05) is 19.0 Å². The summed E-state index contributed by atoms with van der Waals surface area (Å²) < 4.78 is 54.0. The molecule has 0 bridgehead atoms. The van der Waals surface area contributed by atoms with Gasteiger partial charge in [0.25, 0.3) is 10.1 Å². The van der Waals surface area contributed by atoms with Gasteiger partial charge in [0.2, 0.25) is 0 Å². The van der Waals surface area contributed by atoms with Gasteiger partial charge in [-0.05, 0) is 64.2 Å². The summed E-state index contributed by atoms with van der Waals surface area (Å²) in [6.45, 7) is 3.71. The summed E-state index contributed by atoms with van der Waals surface area (Å²) in [5.74, 6) is -2.07. The van der Waals surface area contributed by atoms with Gasteiger partial charge in [-0.15, -0.1) is 0 Å². The molecule has 2 unspecified atom stereocenters. The van der Waals surface area contributed by atoms with Gasteiger partial charge in [0.05, 0.1) is 6.61 Å². The maximum absolute atomic E-state index is 12.8. The Balaban J connectivity index is 2.47. The van der Waals surface area contributed by atoms with E-state index in [0.717, 1.165) is 32.1 Å². The summed E-state index contributed by atoms with van der Waals surface area (Å²) in [5, 5.41) is 30.9. The molecular weight excluding hydrogens is 789 g/mol. The van der Waals surface area contributed by atoms with Crippen molar-refractivity contribution < 1.29 is 56.8 Å². The van der Waals surface area contributed by atoms with Gasteiger partial charge >= 0.3 is 11.9 Å². The summed E-state index contributed by atoms with van der Waals surface area (Å²) in [6, 6.07) is 0. The van der Waals surface area contributed by atoms with E-state index in [1.165, 1.54) is 116 Å². The zero-order valence-corrected chi connectivity index (χ0v) is 38.1. The number of esters is 2. The lowest BCUT2D eigenvalue weighted by Crippen LogP contribution is -2.60. The lowest BCUT2D eigenvalue weighted by molar-refractivity contribution is -0.297. The summed E-state index contributed by atoms with van der Waals surface area (Å²) in [4.78, 5) is 25.4. The van der Waals surface area contributed by atoms with Crippen LogP contribution in [0.5, 0.6) is 0 Å². The molecule has 0 aliphatic carbocycles. The number of unbranched alkanes of at least 4 members (excludes halogenated alkanes) is 21. The summed E-state index contributed by atoms with van der Waals surface area (Å²) >= 11 is 0. The van der Waals surface area contributed by atoms with Crippen LogP contribution in [-0.2, 0) is 38.7 Å². The fraction of sp³-hybridized carbons (Fsp3) is 0.830. The smallest absolute Gasteiger partial charge is 0.306 e. The van der Waals surface area contributed by atoms with E-state index in [1.54, 1.807) is 0 Å². The number of aliphatic hydroxyl groups excluding tert-OH is 3. The number of allylic oxidation sites excluding steroid dienone is 6. The Morgan fingerprint density at radius 3 is 1.53 bits per heavy atom. The van der Waals surface area contributed by atoms with Crippen LogP contribution in [-0.4, -0.2) is 96.0 Å².